The van der Waals surface area contributed by atoms with Crippen LogP contribution < -0.4 is 16.0 Å². The highest BCUT2D eigenvalue weighted by Crippen LogP contribution is 2.40. The van der Waals surface area contributed by atoms with Gasteiger partial charge in [-0.2, -0.15) is 17.6 Å². The van der Waals surface area contributed by atoms with Crippen molar-refractivity contribution in [1.82, 2.24) is 29.5 Å². The molecule has 6 N–H and O–H groups in total. The molecule has 6 fully saturated rings. The number of amides is 3. The molecule has 0 atom stereocenters. The highest BCUT2D eigenvalue weighted by Gasteiger charge is 2.50. The molecule has 2 spiro atoms. The fraction of sp³-hybridized carbons (Fsp3) is 0.662. The van der Waals surface area contributed by atoms with Crippen molar-refractivity contribution in [2.45, 2.75) is 172 Å². The topological polar surface area (TPSA) is 268 Å². The molecule has 2 aliphatic carbocycles. The number of hydrogen-bond donors (Lipinski definition) is 6. The third-order valence-electron chi connectivity index (χ3n) is 20.0. The monoisotopic (exact) mass is 1340 g/mol. The number of piperidine rings is 4. The normalized spacial score (nSPS) is 24.5. The lowest BCUT2D eigenvalue weighted by Crippen LogP contribution is -2.51. The average molecular weight is 1340 g/mol. The van der Waals surface area contributed by atoms with Crippen LogP contribution in [0.2, 0.25) is 0 Å². The number of carboxylic acids is 1. The Balaban J connectivity index is 0.000000230. The number of likely N-dealkylation sites (tertiary alicyclic amines) is 1. The zero-order valence-corrected chi connectivity index (χ0v) is 53.6. The number of sulfonamides is 2. The number of amidine groups is 2. The number of carbonyl (C=O) groups excluding carboxylic acids is 3. The van der Waals surface area contributed by atoms with Crippen molar-refractivity contribution < 1.29 is 77.7 Å². The molecule has 6 aliphatic heterocycles. The molecule has 0 aromatic heterocycles. The Morgan fingerprint density at radius 1 is 0.587 bits per heavy atom. The maximum atomic E-state index is 14.3. The van der Waals surface area contributed by atoms with E-state index >= 15 is 0 Å². The fourth-order valence-corrected chi connectivity index (χ4v) is 16.7. The third kappa shape index (κ3) is 18.9. The summed E-state index contributed by atoms with van der Waals surface area (Å²) in [6.45, 7) is 5.36. The third-order valence-corrected chi connectivity index (χ3v) is 23.8. The summed E-state index contributed by atoms with van der Waals surface area (Å²) < 4.78 is 132. The van der Waals surface area contributed by atoms with Crippen LogP contribution in [0.5, 0.6) is 0 Å². The van der Waals surface area contributed by atoms with Crippen LogP contribution in [-0.4, -0.2) is 181 Å². The SMILES string of the molecule is C.Cc1cc(C(=O)N2CCC(F)(CO)CC2)ccc1CCS(=O)(=O)N1CCC2(CC1)N=C(C1CCC(CC=C(F)F)CC1)NC2=O.Cc1cc(C(=O)O)ccc1CCS(=O)(=O)N1CCC2(CC1)N=C(C1CCC(CC=C(F)F)CC1)NC2=O.OCC1(F)CCNCC1. The summed E-state index contributed by atoms with van der Waals surface area (Å²) in [5.41, 5.74) is -1.08. The number of halogens is 6. The van der Waals surface area contributed by atoms with Gasteiger partial charge in [-0.25, -0.2) is 39.0 Å². The Labute approximate surface area is 537 Å². The zero-order valence-electron chi connectivity index (χ0n) is 52.0. The molecule has 0 bridgehead atoms. The van der Waals surface area contributed by atoms with Gasteiger partial charge in [-0.15, -0.1) is 0 Å². The molecule has 4 saturated heterocycles. The lowest BCUT2D eigenvalue weighted by atomic mass is 9.80. The number of aromatic carboxylic acids is 1. The number of aliphatic imine (C=N–C) groups is 2. The zero-order chi connectivity index (χ0) is 65.9. The van der Waals surface area contributed by atoms with E-state index in [9.17, 15) is 67.5 Å². The Kier molecular flexibility index (Phi) is 25.5. The number of aliphatic hydroxyl groups is 2. The second-order valence-corrected chi connectivity index (χ2v) is 30.2. The van der Waals surface area contributed by atoms with Crippen molar-refractivity contribution in [3.05, 3.63) is 94.1 Å². The first-order valence-electron chi connectivity index (χ1n) is 31.9. The molecule has 19 nitrogen and oxygen atoms in total. The van der Waals surface area contributed by atoms with E-state index in [1.54, 1.807) is 36.1 Å². The molecular formula is C65H92F6N8O11S2. The van der Waals surface area contributed by atoms with Gasteiger partial charge in [0.05, 0.1) is 30.3 Å². The predicted octanol–water partition coefficient (Wildman–Crippen LogP) is 8.76. The van der Waals surface area contributed by atoms with E-state index in [1.807, 2.05) is 6.92 Å². The lowest BCUT2D eigenvalue weighted by Gasteiger charge is -2.35. The minimum Gasteiger partial charge on any atom is -0.478 e. The second kappa shape index (κ2) is 31.8. The van der Waals surface area contributed by atoms with E-state index < -0.39 is 67.2 Å². The van der Waals surface area contributed by atoms with Gasteiger partial charge in [0.1, 0.15) is 34.1 Å². The van der Waals surface area contributed by atoms with Gasteiger partial charge in [-0.05, 0) is 213 Å². The number of rotatable bonds is 18. The lowest BCUT2D eigenvalue weighted by molar-refractivity contribution is -0.125. The van der Waals surface area contributed by atoms with Gasteiger partial charge in [-0.3, -0.25) is 24.4 Å². The van der Waals surface area contributed by atoms with Gasteiger partial charge in [0, 0.05) is 69.5 Å². The molecule has 2 aromatic carbocycles. The molecule has 27 heteroatoms. The summed E-state index contributed by atoms with van der Waals surface area (Å²) in [7, 11) is -7.17. The van der Waals surface area contributed by atoms with Gasteiger partial charge in [0.2, 0.25) is 20.0 Å². The second-order valence-electron chi connectivity index (χ2n) is 26.0. The molecule has 8 aliphatic rings. The van der Waals surface area contributed by atoms with E-state index in [1.165, 1.54) is 20.7 Å². The van der Waals surface area contributed by atoms with Gasteiger partial charge in [-0.1, -0.05) is 19.6 Å². The van der Waals surface area contributed by atoms with Gasteiger partial charge in [0.25, 0.3) is 29.9 Å². The molecule has 0 unspecified atom stereocenters. The van der Waals surface area contributed by atoms with Gasteiger partial charge >= 0.3 is 5.97 Å². The van der Waals surface area contributed by atoms with E-state index in [0.717, 1.165) is 85.8 Å². The highest BCUT2D eigenvalue weighted by atomic mass is 32.2. The van der Waals surface area contributed by atoms with Crippen LogP contribution in [0.4, 0.5) is 26.3 Å². The summed E-state index contributed by atoms with van der Waals surface area (Å²) >= 11 is 0. The number of alkyl halides is 2. The molecule has 92 heavy (non-hydrogen) atoms. The summed E-state index contributed by atoms with van der Waals surface area (Å²) in [6.07, 6.45) is 8.57. The predicted molar refractivity (Wildman–Crippen MR) is 339 cm³/mol. The minimum atomic E-state index is -3.61. The first-order chi connectivity index (χ1) is 43.1. The number of hydrogen-bond acceptors (Lipinski definition) is 13. The number of carbonyl (C=O) groups is 4. The highest BCUT2D eigenvalue weighted by molar-refractivity contribution is 7.89. The smallest absolute Gasteiger partial charge is 0.335 e. The van der Waals surface area contributed by atoms with Crippen LogP contribution in [0.3, 0.4) is 0 Å². The van der Waals surface area contributed by atoms with Crippen molar-refractivity contribution in [3.8, 4) is 0 Å². The van der Waals surface area contributed by atoms with Crippen LogP contribution in [0, 0.1) is 37.5 Å². The van der Waals surface area contributed by atoms with E-state index in [-0.39, 0.29) is 137 Å². The number of aliphatic hydroxyl groups excluding tert-OH is 2. The number of nitrogens with one attached hydrogen (secondary N) is 3. The van der Waals surface area contributed by atoms with Crippen LogP contribution in [0.1, 0.15) is 166 Å². The van der Waals surface area contributed by atoms with Crippen LogP contribution >= 0.6 is 0 Å². The Hall–Kier alpha value is -5.58. The van der Waals surface area contributed by atoms with E-state index in [0.29, 0.717) is 81.7 Å². The van der Waals surface area contributed by atoms with E-state index in [4.69, 9.17) is 20.2 Å². The largest absolute Gasteiger partial charge is 0.478 e. The molecule has 6 heterocycles. The first kappa shape index (κ1) is 73.8. The fourth-order valence-electron chi connectivity index (χ4n) is 13.7. The summed E-state index contributed by atoms with van der Waals surface area (Å²) in [5, 5.41) is 35.8. The van der Waals surface area contributed by atoms with Crippen molar-refractivity contribution in [1.29, 1.82) is 0 Å². The number of benzene rings is 2. The molecule has 2 aromatic rings. The Bertz CT molecular complexity index is 3280. The first-order valence-corrected chi connectivity index (χ1v) is 35.1. The number of allylic oxidation sites excluding steroid dienone is 2. The number of nitrogens with zero attached hydrogens (tertiary/aromatic N) is 5. The van der Waals surface area contributed by atoms with Crippen molar-refractivity contribution >= 4 is 55.4 Å². The standard InChI is InChI=1S/C32H43F3N4O5S.C26H33F2N3O5S.C6H12FNO.CH4/c1-22-20-26(29(41)38-15-11-31(35,21-40)12-16-38)8-7-24(22)10-19-45(43,44)39-17-13-32(14-18-39)30(42)36-28(37-32)25-5-2-23(3-6-25)4-9-27(33)34;1-17-16-21(24(32)33)8-7-19(17)10-15-37(35,36)31-13-11-26(12-14-31)25(34)29-23(30-26)20-5-2-18(3-6-20)4-9-22(27)28;7-6(5-9)1-3-8-4-2-6;/h7-9,20,23,25,40H,2-6,10-19,21H2,1H3,(H,36,37,42);7-9,16,18,20H,2-6,10-15H2,1H3,(H,32,33)(H,29,30,34);8-9H,1-5H2;1H4. The molecule has 0 radical (unpaired) electrons. The van der Waals surface area contributed by atoms with Gasteiger partial charge in [0.15, 0.2) is 0 Å². The van der Waals surface area contributed by atoms with Gasteiger partial charge < -0.3 is 36.2 Å². The van der Waals surface area contributed by atoms with Crippen molar-refractivity contribution in [2.75, 3.05) is 77.1 Å². The molecule has 3 amide bonds. The summed E-state index contributed by atoms with van der Waals surface area (Å²) in [4.78, 5) is 61.2. The van der Waals surface area contributed by atoms with E-state index in [2.05, 4.69) is 16.0 Å². The summed E-state index contributed by atoms with van der Waals surface area (Å²) in [5.74, 6) is 0.101. The Morgan fingerprint density at radius 2 is 0.967 bits per heavy atom. The molecule has 2 saturated carbocycles. The van der Waals surface area contributed by atoms with Crippen molar-refractivity contribution in [2.24, 2.45) is 33.7 Å². The van der Waals surface area contributed by atoms with Crippen LogP contribution in [0.15, 0.2) is 70.7 Å². The minimum absolute atomic E-state index is 0. The molecular weight excluding hydrogens is 1250 g/mol. The molecule has 10 rings (SSSR count). The van der Waals surface area contributed by atoms with Crippen LogP contribution in [0.25, 0.3) is 0 Å². The van der Waals surface area contributed by atoms with Crippen molar-refractivity contribution in [3.63, 3.8) is 0 Å². The maximum Gasteiger partial charge on any atom is 0.335 e. The van der Waals surface area contributed by atoms with Crippen LogP contribution in [-0.2, 0) is 42.5 Å². The maximum absolute atomic E-state index is 14.3. The summed E-state index contributed by atoms with van der Waals surface area (Å²) in [6, 6.07) is 9.85. The Morgan fingerprint density at radius 3 is 1.33 bits per heavy atom. The average Bonchev–Trinajstić information content (AvgIpc) is 1.62. The molecule has 512 valence electrons. The number of carboxylic acid groups (broad SMARTS) is 1. The number of aryl methyl sites for hydroxylation is 4. The quantitative estimate of drug-likeness (QED) is 0.0765.